The number of benzene rings is 1. The minimum Gasteiger partial charge on any atom is -0.444 e. The lowest BCUT2D eigenvalue weighted by molar-refractivity contribution is -0.0623. The second kappa shape index (κ2) is 8.13. The molecule has 6 nitrogen and oxygen atoms in total. The number of nitrogens with zero attached hydrogens (tertiary/aromatic N) is 2. The molecule has 0 saturated carbocycles. The summed E-state index contributed by atoms with van der Waals surface area (Å²) in [6, 6.07) is 12.3. The van der Waals surface area contributed by atoms with Gasteiger partial charge in [-0.25, -0.2) is 4.79 Å². The van der Waals surface area contributed by atoms with Crippen LogP contribution in [0.25, 0.3) is 0 Å². The number of hydrogen-bond acceptors (Lipinski definition) is 5. The van der Waals surface area contributed by atoms with Crippen LogP contribution in [-0.4, -0.2) is 48.4 Å². The molecule has 1 N–H and O–H groups in total. The van der Waals surface area contributed by atoms with Crippen LogP contribution in [0.2, 0.25) is 0 Å². The fourth-order valence-corrected chi connectivity index (χ4v) is 2.58. The first-order valence-corrected chi connectivity index (χ1v) is 8.14. The summed E-state index contributed by atoms with van der Waals surface area (Å²) in [6.45, 7) is 7.74. The van der Waals surface area contributed by atoms with Crippen LogP contribution in [-0.2, 0) is 16.0 Å². The summed E-state index contributed by atoms with van der Waals surface area (Å²) in [6.07, 6.45) is -1.20. The highest BCUT2D eigenvalue weighted by atomic mass is 16.6. The van der Waals surface area contributed by atoms with Gasteiger partial charge in [-0.1, -0.05) is 30.3 Å². The molecule has 2 rings (SSSR count). The predicted molar refractivity (Wildman–Crippen MR) is 90.2 cm³/mol. The van der Waals surface area contributed by atoms with Crippen molar-refractivity contribution >= 4 is 6.09 Å². The number of amides is 1. The number of alkyl carbamates (subject to hydrolysis) is 1. The van der Waals surface area contributed by atoms with Gasteiger partial charge < -0.3 is 14.8 Å². The molecule has 0 radical (unpaired) electrons. The zero-order valence-corrected chi connectivity index (χ0v) is 14.5. The Bertz CT molecular complexity index is 577. The summed E-state index contributed by atoms with van der Waals surface area (Å²) >= 11 is 0. The molecular weight excluding hydrogens is 306 g/mol. The van der Waals surface area contributed by atoms with Crippen molar-refractivity contribution in [3.05, 3.63) is 35.9 Å². The van der Waals surface area contributed by atoms with Crippen molar-refractivity contribution < 1.29 is 14.3 Å². The predicted octanol–water partition coefficient (Wildman–Crippen LogP) is 2.30. The van der Waals surface area contributed by atoms with E-state index >= 15 is 0 Å². The summed E-state index contributed by atoms with van der Waals surface area (Å²) in [4.78, 5) is 13.9. The van der Waals surface area contributed by atoms with Gasteiger partial charge in [-0.3, -0.25) is 4.90 Å². The number of ether oxygens (including phenoxy) is 2. The largest absolute Gasteiger partial charge is 0.444 e. The molecule has 1 aromatic carbocycles. The van der Waals surface area contributed by atoms with E-state index in [-0.39, 0.29) is 6.10 Å². The number of rotatable bonds is 4. The molecule has 0 bridgehead atoms. The lowest BCUT2D eigenvalue weighted by Gasteiger charge is -2.35. The molecule has 0 aromatic heterocycles. The van der Waals surface area contributed by atoms with Crippen LogP contribution in [0.4, 0.5) is 4.79 Å². The van der Waals surface area contributed by atoms with Gasteiger partial charge in [-0.05, 0) is 26.3 Å². The van der Waals surface area contributed by atoms with Crippen LogP contribution in [0.3, 0.4) is 0 Å². The Kier molecular flexibility index (Phi) is 6.18. The normalized spacial score (nSPS) is 21.8. The Morgan fingerprint density at radius 2 is 2.08 bits per heavy atom. The summed E-state index contributed by atoms with van der Waals surface area (Å²) in [5, 5.41) is 11.9. The third-order valence-corrected chi connectivity index (χ3v) is 3.51. The SMILES string of the molecule is CC(C)(C)OC(=O)NC[C@@H]1CN(Cc2ccccc2)C[C@H](C#N)O1. The van der Waals surface area contributed by atoms with E-state index in [9.17, 15) is 10.1 Å². The first-order valence-electron chi connectivity index (χ1n) is 8.14. The number of carbonyl (C=O) groups excluding carboxylic acids is 1. The standard InChI is InChI=1S/C18H25N3O3/c1-18(2,3)24-17(22)20-10-16-13-21(12-15(9-19)23-16)11-14-7-5-4-6-8-14/h4-8,15-16H,10-13H2,1-3H3,(H,20,22)/t15-,16+/m0/s1. The van der Waals surface area contributed by atoms with Crippen LogP contribution in [0.1, 0.15) is 26.3 Å². The van der Waals surface area contributed by atoms with Gasteiger partial charge in [0.05, 0.1) is 12.2 Å². The number of morpholine rings is 1. The molecular formula is C18H25N3O3. The van der Waals surface area contributed by atoms with Gasteiger partial charge in [0, 0.05) is 26.2 Å². The molecule has 1 aliphatic heterocycles. The van der Waals surface area contributed by atoms with Crippen LogP contribution in [0.15, 0.2) is 30.3 Å². The first kappa shape index (κ1) is 18.2. The number of carbonyl (C=O) groups is 1. The van der Waals surface area contributed by atoms with E-state index in [1.54, 1.807) is 0 Å². The third-order valence-electron chi connectivity index (χ3n) is 3.51. The van der Waals surface area contributed by atoms with E-state index in [1.165, 1.54) is 5.56 Å². The molecule has 0 unspecified atom stereocenters. The zero-order valence-electron chi connectivity index (χ0n) is 14.5. The number of hydrogen-bond donors (Lipinski definition) is 1. The minimum atomic E-state index is -0.536. The van der Waals surface area contributed by atoms with E-state index in [0.717, 1.165) is 6.54 Å². The minimum absolute atomic E-state index is 0.236. The van der Waals surface area contributed by atoms with Crippen molar-refractivity contribution in [1.82, 2.24) is 10.2 Å². The number of nitrogens with one attached hydrogen (secondary N) is 1. The molecule has 1 saturated heterocycles. The maximum absolute atomic E-state index is 11.8. The van der Waals surface area contributed by atoms with E-state index in [2.05, 4.69) is 28.4 Å². The second-order valence-corrected chi connectivity index (χ2v) is 6.94. The molecule has 1 amide bonds. The van der Waals surface area contributed by atoms with Gasteiger partial charge >= 0.3 is 6.09 Å². The van der Waals surface area contributed by atoms with Crippen molar-refractivity contribution in [2.24, 2.45) is 0 Å². The van der Waals surface area contributed by atoms with Crippen molar-refractivity contribution in [3.63, 3.8) is 0 Å². The van der Waals surface area contributed by atoms with Gasteiger partial charge in [0.2, 0.25) is 0 Å². The van der Waals surface area contributed by atoms with Crippen LogP contribution < -0.4 is 5.32 Å². The third kappa shape index (κ3) is 6.19. The Labute approximate surface area is 143 Å². The van der Waals surface area contributed by atoms with Gasteiger partial charge in [-0.15, -0.1) is 0 Å². The molecule has 6 heteroatoms. The van der Waals surface area contributed by atoms with E-state index in [4.69, 9.17) is 9.47 Å². The smallest absolute Gasteiger partial charge is 0.407 e. The fourth-order valence-electron chi connectivity index (χ4n) is 2.58. The molecule has 24 heavy (non-hydrogen) atoms. The quantitative estimate of drug-likeness (QED) is 0.916. The van der Waals surface area contributed by atoms with Gasteiger partial charge in [0.1, 0.15) is 5.60 Å². The van der Waals surface area contributed by atoms with Gasteiger partial charge in [-0.2, -0.15) is 5.26 Å². The number of nitriles is 1. The Hall–Kier alpha value is -2.10. The molecule has 1 aliphatic rings. The fraction of sp³-hybridized carbons (Fsp3) is 0.556. The van der Waals surface area contributed by atoms with Crippen LogP contribution in [0.5, 0.6) is 0 Å². The Morgan fingerprint density at radius 3 is 2.71 bits per heavy atom. The van der Waals surface area contributed by atoms with Crippen molar-refractivity contribution in [2.45, 2.75) is 45.1 Å². The monoisotopic (exact) mass is 331 g/mol. The summed E-state index contributed by atoms with van der Waals surface area (Å²) in [5.74, 6) is 0. The first-order chi connectivity index (χ1) is 11.4. The maximum Gasteiger partial charge on any atom is 0.407 e. The van der Waals surface area contributed by atoms with Crippen LogP contribution >= 0.6 is 0 Å². The van der Waals surface area contributed by atoms with Crippen molar-refractivity contribution in [2.75, 3.05) is 19.6 Å². The lowest BCUT2D eigenvalue weighted by atomic mass is 10.1. The molecule has 0 aliphatic carbocycles. The van der Waals surface area contributed by atoms with Crippen LogP contribution in [0, 0.1) is 11.3 Å². The average molecular weight is 331 g/mol. The van der Waals surface area contributed by atoms with Crippen molar-refractivity contribution in [3.8, 4) is 6.07 Å². The second-order valence-electron chi connectivity index (χ2n) is 6.94. The van der Waals surface area contributed by atoms with E-state index in [0.29, 0.717) is 19.6 Å². The van der Waals surface area contributed by atoms with E-state index in [1.807, 2.05) is 39.0 Å². The van der Waals surface area contributed by atoms with Gasteiger partial charge in [0.25, 0.3) is 0 Å². The zero-order chi connectivity index (χ0) is 17.6. The average Bonchev–Trinajstić information content (AvgIpc) is 2.52. The molecule has 130 valence electrons. The highest BCUT2D eigenvalue weighted by molar-refractivity contribution is 5.67. The molecule has 1 heterocycles. The lowest BCUT2D eigenvalue weighted by Crippen LogP contribution is -2.51. The Morgan fingerprint density at radius 1 is 1.38 bits per heavy atom. The topological polar surface area (TPSA) is 74.6 Å². The molecule has 1 fully saturated rings. The highest BCUT2D eigenvalue weighted by Gasteiger charge is 2.28. The highest BCUT2D eigenvalue weighted by Crippen LogP contribution is 2.14. The maximum atomic E-state index is 11.8. The molecule has 2 atom stereocenters. The summed E-state index contributed by atoms with van der Waals surface area (Å²) in [7, 11) is 0. The summed E-state index contributed by atoms with van der Waals surface area (Å²) < 4.78 is 10.9. The van der Waals surface area contributed by atoms with E-state index < -0.39 is 17.8 Å². The Balaban J connectivity index is 1.88. The molecule has 1 aromatic rings. The van der Waals surface area contributed by atoms with Gasteiger partial charge in [0.15, 0.2) is 6.10 Å². The van der Waals surface area contributed by atoms with Crippen molar-refractivity contribution in [1.29, 1.82) is 5.26 Å². The molecule has 0 spiro atoms. The summed E-state index contributed by atoms with van der Waals surface area (Å²) in [5.41, 5.74) is 0.654.